The van der Waals surface area contributed by atoms with Crippen LogP contribution in [0.1, 0.15) is 6.42 Å². The van der Waals surface area contributed by atoms with Gasteiger partial charge in [-0.15, -0.1) is 0 Å². The number of benzene rings is 2. The monoisotopic (exact) mass is 288 g/mol. The van der Waals surface area contributed by atoms with Crippen LogP contribution < -0.4 is 9.76 Å². The van der Waals surface area contributed by atoms with Gasteiger partial charge in [-0.05, 0) is 30.7 Å². The molecule has 1 aliphatic rings. The second-order valence-electron chi connectivity index (χ2n) is 4.64. The normalized spacial score (nSPS) is 22.5. The van der Waals surface area contributed by atoms with Crippen molar-refractivity contribution in [2.75, 3.05) is 22.9 Å². The predicted molar refractivity (Wildman–Crippen MR) is 82.0 cm³/mol. The standard InChI is InChI=1S/C15H17N2O2P/c18-20(16-14-8-3-1-4-9-14)17(12-7-13-19-20)15-10-5-2-6-11-15/h1-6,8-11H,7,12-13H2,(H,16,18). The maximum Gasteiger partial charge on any atom is 0.394 e. The highest BCUT2D eigenvalue weighted by molar-refractivity contribution is 7.62. The molecule has 1 heterocycles. The number of nitrogens with one attached hydrogen (secondary N) is 1. The van der Waals surface area contributed by atoms with E-state index in [9.17, 15) is 4.57 Å². The van der Waals surface area contributed by atoms with Crippen molar-refractivity contribution in [2.45, 2.75) is 6.42 Å². The Kier molecular flexibility index (Phi) is 3.77. The van der Waals surface area contributed by atoms with E-state index in [1.54, 1.807) is 0 Å². The third-order valence-electron chi connectivity index (χ3n) is 3.20. The zero-order chi connectivity index (χ0) is 13.8. The second-order valence-corrected chi connectivity index (χ2v) is 6.65. The molecule has 0 aliphatic carbocycles. The fraction of sp³-hybridized carbons (Fsp3) is 0.200. The number of hydrogen-bond acceptors (Lipinski definition) is 2. The van der Waals surface area contributed by atoms with Crippen molar-refractivity contribution >= 4 is 19.0 Å². The summed E-state index contributed by atoms with van der Waals surface area (Å²) in [7, 11) is -3.08. The Morgan fingerprint density at radius 2 is 1.65 bits per heavy atom. The Morgan fingerprint density at radius 3 is 2.35 bits per heavy atom. The summed E-state index contributed by atoms with van der Waals surface area (Å²) < 4.78 is 20.6. The summed E-state index contributed by atoms with van der Waals surface area (Å²) in [6, 6.07) is 19.3. The zero-order valence-electron chi connectivity index (χ0n) is 11.1. The van der Waals surface area contributed by atoms with E-state index in [1.807, 2.05) is 65.3 Å². The summed E-state index contributed by atoms with van der Waals surface area (Å²) in [5.74, 6) is 0. The van der Waals surface area contributed by atoms with Gasteiger partial charge in [-0.3, -0.25) is 14.3 Å². The summed E-state index contributed by atoms with van der Waals surface area (Å²) in [5.41, 5.74) is 1.72. The average molecular weight is 288 g/mol. The van der Waals surface area contributed by atoms with E-state index in [0.29, 0.717) is 6.61 Å². The van der Waals surface area contributed by atoms with Crippen LogP contribution in [0.2, 0.25) is 0 Å². The van der Waals surface area contributed by atoms with Crippen molar-refractivity contribution in [2.24, 2.45) is 0 Å². The van der Waals surface area contributed by atoms with E-state index in [2.05, 4.69) is 5.09 Å². The van der Waals surface area contributed by atoms with Crippen LogP contribution in [0, 0.1) is 0 Å². The summed E-state index contributed by atoms with van der Waals surface area (Å²) in [4.78, 5) is 0. The van der Waals surface area contributed by atoms with E-state index < -0.39 is 7.67 Å². The molecular formula is C15H17N2O2P. The summed E-state index contributed by atoms with van der Waals surface area (Å²) in [5, 5.41) is 3.07. The average Bonchev–Trinajstić information content (AvgIpc) is 2.49. The lowest BCUT2D eigenvalue weighted by Crippen LogP contribution is -2.31. The van der Waals surface area contributed by atoms with Crippen molar-refractivity contribution in [1.29, 1.82) is 0 Å². The molecule has 2 aromatic carbocycles. The van der Waals surface area contributed by atoms with Crippen molar-refractivity contribution in [3.63, 3.8) is 0 Å². The minimum absolute atomic E-state index is 0.514. The minimum atomic E-state index is -3.08. The maximum absolute atomic E-state index is 13.1. The van der Waals surface area contributed by atoms with Crippen molar-refractivity contribution in [3.8, 4) is 0 Å². The first-order chi connectivity index (χ1) is 9.78. The third-order valence-corrected chi connectivity index (χ3v) is 5.34. The molecule has 0 spiro atoms. The Morgan fingerprint density at radius 1 is 1.00 bits per heavy atom. The van der Waals surface area contributed by atoms with Gasteiger partial charge in [-0.25, -0.2) is 4.57 Å². The molecule has 0 aromatic heterocycles. The SMILES string of the molecule is O=P1(Nc2ccccc2)OCCCN1c1ccccc1. The molecule has 1 unspecified atom stereocenters. The van der Waals surface area contributed by atoms with E-state index in [4.69, 9.17) is 4.52 Å². The first-order valence-corrected chi connectivity index (χ1v) is 8.27. The highest BCUT2D eigenvalue weighted by Crippen LogP contribution is 2.54. The van der Waals surface area contributed by atoms with Gasteiger partial charge < -0.3 is 0 Å². The molecule has 1 saturated heterocycles. The fourth-order valence-electron chi connectivity index (χ4n) is 2.25. The van der Waals surface area contributed by atoms with Gasteiger partial charge in [0.2, 0.25) is 0 Å². The van der Waals surface area contributed by atoms with Gasteiger partial charge in [-0.1, -0.05) is 36.4 Å². The summed E-state index contributed by atoms with van der Waals surface area (Å²) in [6.45, 7) is 1.24. The molecular weight excluding hydrogens is 271 g/mol. The summed E-state index contributed by atoms with van der Waals surface area (Å²) in [6.07, 6.45) is 0.870. The second kappa shape index (κ2) is 5.70. The molecule has 0 bridgehead atoms. The smallest absolute Gasteiger partial charge is 0.298 e. The Balaban J connectivity index is 1.90. The Bertz CT molecular complexity index is 604. The molecule has 1 atom stereocenters. The Hall–Kier alpha value is -1.77. The lowest BCUT2D eigenvalue weighted by atomic mass is 10.3. The quantitative estimate of drug-likeness (QED) is 0.862. The molecule has 104 valence electrons. The molecule has 1 aliphatic heterocycles. The van der Waals surface area contributed by atoms with Crippen LogP contribution in [0.25, 0.3) is 0 Å². The van der Waals surface area contributed by atoms with Crippen molar-refractivity contribution in [1.82, 2.24) is 0 Å². The number of hydrogen-bond donors (Lipinski definition) is 1. The van der Waals surface area contributed by atoms with Gasteiger partial charge in [0.1, 0.15) is 0 Å². The summed E-state index contributed by atoms with van der Waals surface area (Å²) >= 11 is 0. The molecule has 1 N–H and O–H groups in total. The molecule has 2 aromatic rings. The van der Waals surface area contributed by atoms with Gasteiger partial charge in [0.05, 0.1) is 6.61 Å². The van der Waals surface area contributed by atoms with E-state index in [1.165, 1.54) is 0 Å². The first kappa shape index (κ1) is 13.2. The number of anilines is 2. The van der Waals surface area contributed by atoms with Crippen LogP contribution in [0.5, 0.6) is 0 Å². The molecule has 4 nitrogen and oxygen atoms in total. The van der Waals surface area contributed by atoms with Gasteiger partial charge >= 0.3 is 7.67 Å². The molecule has 3 rings (SSSR count). The van der Waals surface area contributed by atoms with E-state index in [0.717, 1.165) is 24.3 Å². The lowest BCUT2D eigenvalue weighted by Gasteiger charge is -2.36. The third kappa shape index (κ3) is 2.72. The first-order valence-electron chi connectivity index (χ1n) is 6.69. The highest BCUT2D eigenvalue weighted by atomic mass is 31.2. The number of nitrogens with zero attached hydrogens (tertiary/aromatic N) is 1. The van der Waals surface area contributed by atoms with Crippen LogP contribution in [-0.2, 0) is 9.09 Å². The van der Waals surface area contributed by atoms with Gasteiger partial charge in [0.25, 0.3) is 0 Å². The largest absolute Gasteiger partial charge is 0.394 e. The van der Waals surface area contributed by atoms with Gasteiger partial charge in [0, 0.05) is 17.9 Å². The molecule has 0 radical (unpaired) electrons. The van der Waals surface area contributed by atoms with E-state index >= 15 is 0 Å². The van der Waals surface area contributed by atoms with Crippen LogP contribution in [0.4, 0.5) is 11.4 Å². The fourth-order valence-corrected chi connectivity index (χ4v) is 4.27. The van der Waals surface area contributed by atoms with Gasteiger partial charge in [0.15, 0.2) is 0 Å². The molecule has 1 fully saturated rings. The Labute approximate surface area is 118 Å². The number of para-hydroxylation sites is 2. The van der Waals surface area contributed by atoms with Crippen molar-refractivity contribution in [3.05, 3.63) is 60.7 Å². The van der Waals surface area contributed by atoms with E-state index in [-0.39, 0.29) is 0 Å². The van der Waals surface area contributed by atoms with Crippen LogP contribution in [0.3, 0.4) is 0 Å². The van der Waals surface area contributed by atoms with Gasteiger partial charge in [-0.2, -0.15) is 0 Å². The molecule has 0 saturated carbocycles. The molecule has 20 heavy (non-hydrogen) atoms. The highest BCUT2D eigenvalue weighted by Gasteiger charge is 2.35. The predicted octanol–water partition coefficient (Wildman–Crippen LogP) is 4.13. The van der Waals surface area contributed by atoms with Crippen molar-refractivity contribution < 1.29 is 9.09 Å². The topological polar surface area (TPSA) is 41.6 Å². The maximum atomic E-state index is 13.1. The van der Waals surface area contributed by atoms with Crippen LogP contribution >= 0.6 is 7.67 Å². The van der Waals surface area contributed by atoms with Crippen LogP contribution in [0.15, 0.2) is 60.7 Å². The molecule has 5 heteroatoms. The zero-order valence-corrected chi connectivity index (χ0v) is 12.0. The number of rotatable bonds is 3. The molecule has 0 amide bonds. The lowest BCUT2D eigenvalue weighted by molar-refractivity contribution is 0.292. The van der Waals surface area contributed by atoms with Crippen LogP contribution in [-0.4, -0.2) is 13.2 Å². The minimum Gasteiger partial charge on any atom is -0.298 e.